The van der Waals surface area contributed by atoms with Crippen LogP contribution in [0.4, 0.5) is 5.82 Å². The third-order valence-corrected chi connectivity index (χ3v) is 5.50. The second kappa shape index (κ2) is 8.39. The number of anilines is 1. The minimum atomic E-state index is -0.240. The van der Waals surface area contributed by atoms with Gasteiger partial charge >= 0.3 is 6.01 Å². The maximum atomic E-state index is 12.8. The molecule has 10 heteroatoms. The number of fused-ring (bicyclic) bond motifs is 1. The molecule has 0 aliphatic carbocycles. The molecule has 0 aromatic carbocycles. The van der Waals surface area contributed by atoms with Crippen LogP contribution >= 0.6 is 0 Å². The zero-order valence-corrected chi connectivity index (χ0v) is 17.8. The molecular weight excluding hydrogens is 410 g/mol. The number of carbonyl (C=O) groups excluding carboxylic acids is 1. The Labute approximate surface area is 184 Å². The second-order valence-corrected chi connectivity index (χ2v) is 7.80. The van der Waals surface area contributed by atoms with Crippen LogP contribution in [0, 0.1) is 12.8 Å². The number of hydrogen-bond donors (Lipinski definition) is 2. The predicted molar refractivity (Wildman–Crippen MR) is 118 cm³/mol. The molecule has 0 bridgehead atoms. The van der Waals surface area contributed by atoms with Crippen molar-refractivity contribution in [1.82, 2.24) is 29.7 Å². The van der Waals surface area contributed by atoms with E-state index < -0.39 is 0 Å². The maximum absolute atomic E-state index is 12.8. The molecular formula is C22H23N7O3. The van der Waals surface area contributed by atoms with Gasteiger partial charge in [0.2, 0.25) is 0 Å². The molecule has 5 heterocycles. The van der Waals surface area contributed by atoms with Gasteiger partial charge in [-0.1, -0.05) is 0 Å². The number of pyridine rings is 1. The molecule has 1 aliphatic heterocycles. The Morgan fingerprint density at radius 1 is 1.38 bits per heavy atom. The number of rotatable bonds is 6. The quantitative estimate of drug-likeness (QED) is 0.480. The lowest BCUT2D eigenvalue weighted by molar-refractivity contribution is 0.102. The minimum Gasteiger partial charge on any atom is -0.467 e. The van der Waals surface area contributed by atoms with Gasteiger partial charge in [0.1, 0.15) is 5.82 Å². The van der Waals surface area contributed by atoms with E-state index in [-0.39, 0.29) is 5.91 Å². The van der Waals surface area contributed by atoms with Crippen molar-refractivity contribution in [2.75, 3.05) is 25.6 Å². The number of nitrogens with zero attached hydrogens (tertiary/aromatic N) is 5. The van der Waals surface area contributed by atoms with Crippen LogP contribution in [0.2, 0.25) is 0 Å². The first-order chi connectivity index (χ1) is 15.6. The van der Waals surface area contributed by atoms with Crippen molar-refractivity contribution < 1.29 is 14.3 Å². The zero-order valence-electron chi connectivity index (χ0n) is 17.8. The Morgan fingerprint density at radius 2 is 2.28 bits per heavy atom. The van der Waals surface area contributed by atoms with Crippen LogP contribution in [0.15, 0.2) is 36.8 Å². The van der Waals surface area contributed by atoms with E-state index in [9.17, 15) is 4.79 Å². The smallest absolute Gasteiger partial charge is 0.316 e. The van der Waals surface area contributed by atoms with Gasteiger partial charge in [-0.15, -0.1) is 0 Å². The van der Waals surface area contributed by atoms with E-state index in [2.05, 4.69) is 30.4 Å². The number of aromatic amines is 1. The summed E-state index contributed by atoms with van der Waals surface area (Å²) in [7, 11) is 1.53. The number of nitrogens with one attached hydrogen (secondary N) is 2. The summed E-state index contributed by atoms with van der Waals surface area (Å²) < 4.78 is 12.3. The molecule has 1 fully saturated rings. The first-order valence-electron chi connectivity index (χ1n) is 10.4. The topological polar surface area (TPSA) is 120 Å². The summed E-state index contributed by atoms with van der Waals surface area (Å²) in [6.45, 7) is 4.11. The Kier molecular flexibility index (Phi) is 5.28. The lowest BCUT2D eigenvalue weighted by atomic mass is 10.1. The van der Waals surface area contributed by atoms with Crippen LogP contribution in [0.1, 0.15) is 22.5 Å². The fraction of sp³-hybridized carbons (Fsp3) is 0.318. The van der Waals surface area contributed by atoms with Crippen LogP contribution in [0.25, 0.3) is 22.3 Å². The van der Waals surface area contributed by atoms with E-state index in [1.807, 2.05) is 17.7 Å². The monoisotopic (exact) mass is 433 g/mol. The van der Waals surface area contributed by atoms with Crippen molar-refractivity contribution in [3.8, 4) is 17.4 Å². The lowest BCUT2D eigenvalue weighted by Crippen LogP contribution is -2.13. The minimum absolute atomic E-state index is 0.240. The molecule has 10 nitrogen and oxygen atoms in total. The van der Waals surface area contributed by atoms with E-state index in [0.29, 0.717) is 34.7 Å². The zero-order chi connectivity index (χ0) is 22.1. The molecule has 0 spiro atoms. The first kappa shape index (κ1) is 20.1. The SMILES string of the molecule is COc1nccc(-c2cc3cnc(NC(=O)c4cn(C[C@H]5CCOC5)nc4C)cc3[nH]2)n1. The molecule has 1 saturated heterocycles. The molecule has 0 radical (unpaired) electrons. The third-order valence-electron chi connectivity index (χ3n) is 5.50. The lowest BCUT2D eigenvalue weighted by Gasteiger charge is -2.06. The molecule has 4 aromatic heterocycles. The largest absolute Gasteiger partial charge is 0.467 e. The van der Waals surface area contributed by atoms with Crippen LogP contribution in [-0.2, 0) is 11.3 Å². The standard InChI is InChI=1S/C22H23N7O3/c1-13-16(11-29(28-13)10-14-4-6-32-12-14)21(30)27-20-8-18-15(9-24-20)7-19(25-18)17-3-5-23-22(26-17)31-2/h3,5,7-9,11,14,25H,4,6,10,12H2,1-2H3,(H,24,27,30)/t14-/m1/s1. The van der Waals surface area contributed by atoms with Gasteiger partial charge in [0.25, 0.3) is 5.91 Å². The summed E-state index contributed by atoms with van der Waals surface area (Å²) in [6.07, 6.45) is 6.15. The van der Waals surface area contributed by atoms with Gasteiger partial charge in [-0.2, -0.15) is 10.1 Å². The summed E-state index contributed by atoms with van der Waals surface area (Å²) >= 11 is 0. The van der Waals surface area contributed by atoms with Crippen molar-refractivity contribution in [2.24, 2.45) is 5.92 Å². The molecule has 1 atom stereocenters. The number of carbonyl (C=O) groups is 1. The van der Waals surface area contributed by atoms with Gasteiger partial charge in [-0.3, -0.25) is 9.48 Å². The molecule has 0 unspecified atom stereocenters. The number of ether oxygens (including phenoxy) is 2. The number of methoxy groups -OCH3 is 1. The van der Waals surface area contributed by atoms with Gasteiger partial charge in [0, 0.05) is 49.1 Å². The van der Waals surface area contributed by atoms with E-state index in [1.54, 1.807) is 30.7 Å². The highest BCUT2D eigenvalue weighted by Crippen LogP contribution is 2.25. The number of aryl methyl sites for hydroxylation is 1. The maximum Gasteiger partial charge on any atom is 0.316 e. The normalized spacial score (nSPS) is 15.9. The highest BCUT2D eigenvalue weighted by Gasteiger charge is 2.19. The summed E-state index contributed by atoms with van der Waals surface area (Å²) in [5, 5.41) is 8.26. The molecule has 0 saturated carbocycles. The molecule has 4 aromatic rings. The van der Waals surface area contributed by atoms with Gasteiger partial charge in [0.05, 0.1) is 41.9 Å². The Hall–Kier alpha value is -3.79. The molecule has 2 N–H and O–H groups in total. The summed E-state index contributed by atoms with van der Waals surface area (Å²) in [5.41, 5.74) is 3.55. The van der Waals surface area contributed by atoms with Crippen LogP contribution in [0.5, 0.6) is 6.01 Å². The summed E-state index contributed by atoms with van der Waals surface area (Å²) in [6, 6.07) is 5.83. The fourth-order valence-electron chi connectivity index (χ4n) is 3.83. The van der Waals surface area contributed by atoms with Crippen LogP contribution < -0.4 is 10.1 Å². The Bertz CT molecular complexity index is 1270. The number of amides is 1. The van der Waals surface area contributed by atoms with Crippen molar-refractivity contribution in [3.63, 3.8) is 0 Å². The highest BCUT2D eigenvalue weighted by molar-refractivity contribution is 6.05. The van der Waals surface area contributed by atoms with Gasteiger partial charge in [0.15, 0.2) is 0 Å². The van der Waals surface area contributed by atoms with Crippen molar-refractivity contribution in [2.45, 2.75) is 19.9 Å². The molecule has 1 amide bonds. The fourth-order valence-corrected chi connectivity index (χ4v) is 3.83. The summed E-state index contributed by atoms with van der Waals surface area (Å²) in [5.74, 6) is 0.648. The summed E-state index contributed by atoms with van der Waals surface area (Å²) in [4.78, 5) is 28.9. The molecule has 32 heavy (non-hydrogen) atoms. The Morgan fingerprint density at radius 3 is 3.09 bits per heavy atom. The first-order valence-corrected chi connectivity index (χ1v) is 10.4. The average molecular weight is 433 g/mol. The third kappa shape index (κ3) is 4.04. The predicted octanol–water partition coefficient (Wildman–Crippen LogP) is 2.82. The Balaban J connectivity index is 1.34. The van der Waals surface area contributed by atoms with E-state index in [1.165, 1.54) is 7.11 Å². The van der Waals surface area contributed by atoms with E-state index in [0.717, 1.165) is 42.8 Å². The van der Waals surface area contributed by atoms with Crippen molar-refractivity contribution in [1.29, 1.82) is 0 Å². The number of hydrogen-bond acceptors (Lipinski definition) is 7. The van der Waals surface area contributed by atoms with Gasteiger partial charge in [-0.05, 0) is 25.5 Å². The molecule has 5 rings (SSSR count). The highest BCUT2D eigenvalue weighted by atomic mass is 16.5. The average Bonchev–Trinajstić information content (AvgIpc) is 3.54. The van der Waals surface area contributed by atoms with Gasteiger partial charge in [-0.25, -0.2) is 9.97 Å². The van der Waals surface area contributed by atoms with Crippen LogP contribution in [-0.4, -0.2) is 55.9 Å². The molecule has 164 valence electrons. The van der Waals surface area contributed by atoms with Gasteiger partial charge < -0.3 is 19.8 Å². The van der Waals surface area contributed by atoms with E-state index in [4.69, 9.17) is 9.47 Å². The van der Waals surface area contributed by atoms with E-state index >= 15 is 0 Å². The van der Waals surface area contributed by atoms with Crippen molar-refractivity contribution in [3.05, 3.63) is 48.0 Å². The number of H-pyrrole nitrogens is 1. The van der Waals surface area contributed by atoms with Crippen LogP contribution in [0.3, 0.4) is 0 Å². The molecule has 1 aliphatic rings. The second-order valence-electron chi connectivity index (χ2n) is 7.80. The van der Waals surface area contributed by atoms with Crippen molar-refractivity contribution >= 4 is 22.6 Å². The number of aromatic nitrogens is 6.